The molecular weight excluding hydrogens is 242 g/mol. The van der Waals surface area contributed by atoms with Crippen LogP contribution >= 0.6 is 0 Å². The first-order valence-electron chi connectivity index (χ1n) is 5.99. The molecule has 0 atom stereocenters. The lowest BCUT2D eigenvalue weighted by Crippen LogP contribution is -2.02. The molecule has 0 heterocycles. The Morgan fingerprint density at radius 3 is 2.58 bits per heavy atom. The molecule has 0 amide bonds. The molecule has 0 aliphatic carbocycles. The van der Waals surface area contributed by atoms with E-state index in [0.717, 1.165) is 6.42 Å². The van der Waals surface area contributed by atoms with Gasteiger partial charge in [-0.1, -0.05) is 19.1 Å². The van der Waals surface area contributed by atoms with E-state index in [1.54, 1.807) is 6.07 Å². The Bertz CT molecular complexity index is 608. The first-order chi connectivity index (χ1) is 9.10. The second kappa shape index (κ2) is 5.44. The van der Waals surface area contributed by atoms with Crippen LogP contribution in [0, 0.1) is 0 Å². The SMILES string of the molecule is CCc1cccc(Oc2ccc(C(=O)O)c(N)c2)c1. The molecule has 0 unspecified atom stereocenters. The average Bonchev–Trinajstić information content (AvgIpc) is 2.38. The molecule has 0 saturated heterocycles. The van der Waals surface area contributed by atoms with Crippen LogP contribution in [0.4, 0.5) is 5.69 Å². The summed E-state index contributed by atoms with van der Waals surface area (Å²) in [4.78, 5) is 10.9. The van der Waals surface area contributed by atoms with Gasteiger partial charge in [0.25, 0.3) is 0 Å². The van der Waals surface area contributed by atoms with E-state index in [-0.39, 0.29) is 11.3 Å². The molecule has 2 aromatic rings. The predicted molar refractivity (Wildman–Crippen MR) is 73.7 cm³/mol. The van der Waals surface area contributed by atoms with Gasteiger partial charge in [0.2, 0.25) is 0 Å². The van der Waals surface area contributed by atoms with Crippen molar-refractivity contribution in [3.63, 3.8) is 0 Å². The van der Waals surface area contributed by atoms with Gasteiger partial charge in [0.15, 0.2) is 0 Å². The summed E-state index contributed by atoms with van der Waals surface area (Å²) in [7, 11) is 0. The van der Waals surface area contributed by atoms with Gasteiger partial charge in [-0.3, -0.25) is 0 Å². The zero-order valence-corrected chi connectivity index (χ0v) is 10.6. The highest BCUT2D eigenvalue weighted by atomic mass is 16.5. The first kappa shape index (κ1) is 13.0. The molecule has 4 nitrogen and oxygen atoms in total. The lowest BCUT2D eigenvalue weighted by molar-refractivity contribution is 0.0698. The minimum atomic E-state index is -1.04. The van der Waals surface area contributed by atoms with Crippen molar-refractivity contribution in [1.82, 2.24) is 0 Å². The fourth-order valence-electron chi connectivity index (χ4n) is 1.76. The fraction of sp³-hybridized carbons (Fsp3) is 0.133. The number of nitrogen functional groups attached to an aromatic ring is 1. The van der Waals surface area contributed by atoms with Crippen LogP contribution in [0.15, 0.2) is 42.5 Å². The van der Waals surface area contributed by atoms with E-state index < -0.39 is 5.97 Å². The Morgan fingerprint density at radius 1 is 1.21 bits per heavy atom. The molecule has 0 aliphatic heterocycles. The monoisotopic (exact) mass is 257 g/mol. The highest BCUT2D eigenvalue weighted by Gasteiger charge is 2.08. The third kappa shape index (κ3) is 3.04. The van der Waals surface area contributed by atoms with Gasteiger partial charge >= 0.3 is 5.97 Å². The van der Waals surface area contributed by atoms with Gasteiger partial charge in [-0.25, -0.2) is 4.79 Å². The van der Waals surface area contributed by atoms with Crippen molar-refractivity contribution in [2.24, 2.45) is 0 Å². The molecule has 0 bridgehead atoms. The second-order valence-electron chi connectivity index (χ2n) is 4.16. The number of hydrogen-bond acceptors (Lipinski definition) is 3. The summed E-state index contributed by atoms with van der Waals surface area (Å²) in [6, 6.07) is 12.3. The van der Waals surface area contributed by atoms with Crippen LogP contribution in [-0.4, -0.2) is 11.1 Å². The molecule has 0 spiro atoms. The number of rotatable bonds is 4. The third-order valence-electron chi connectivity index (χ3n) is 2.80. The van der Waals surface area contributed by atoms with E-state index >= 15 is 0 Å². The number of carboxylic acids is 1. The molecule has 19 heavy (non-hydrogen) atoms. The normalized spacial score (nSPS) is 10.2. The second-order valence-corrected chi connectivity index (χ2v) is 4.16. The zero-order valence-electron chi connectivity index (χ0n) is 10.6. The molecule has 0 aliphatic rings. The Hall–Kier alpha value is -2.49. The summed E-state index contributed by atoms with van der Waals surface area (Å²) in [5.74, 6) is 0.189. The summed E-state index contributed by atoms with van der Waals surface area (Å²) >= 11 is 0. The van der Waals surface area contributed by atoms with Crippen molar-refractivity contribution in [1.29, 1.82) is 0 Å². The van der Waals surface area contributed by atoms with Gasteiger partial charge in [0.1, 0.15) is 11.5 Å². The maximum Gasteiger partial charge on any atom is 0.337 e. The zero-order chi connectivity index (χ0) is 13.8. The van der Waals surface area contributed by atoms with Crippen molar-refractivity contribution >= 4 is 11.7 Å². The van der Waals surface area contributed by atoms with Gasteiger partial charge in [-0.2, -0.15) is 0 Å². The number of ether oxygens (including phenoxy) is 1. The van der Waals surface area contributed by atoms with Crippen molar-refractivity contribution in [3.05, 3.63) is 53.6 Å². The van der Waals surface area contributed by atoms with Crippen molar-refractivity contribution < 1.29 is 14.6 Å². The quantitative estimate of drug-likeness (QED) is 0.824. The molecule has 4 heteroatoms. The summed E-state index contributed by atoms with van der Waals surface area (Å²) in [5.41, 5.74) is 7.11. The van der Waals surface area contributed by atoms with Crippen LogP contribution in [0.25, 0.3) is 0 Å². The number of nitrogens with two attached hydrogens (primary N) is 1. The Morgan fingerprint density at radius 2 is 1.95 bits per heavy atom. The summed E-state index contributed by atoms with van der Waals surface area (Å²) in [6.07, 6.45) is 0.928. The highest BCUT2D eigenvalue weighted by Crippen LogP contribution is 2.26. The summed E-state index contributed by atoms with van der Waals surface area (Å²) in [5, 5.41) is 8.89. The molecule has 0 radical (unpaired) electrons. The minimum Gasteiger partial charge on any atom is -0.478 e. The molecule has 2 rings (SSSR count). The number of benzene rings is 2. The van der Waals surface area contributed by atoms with Gasteiger partial charge in [0.05, 0.1) is 5.56 Å². The van der Waals surface area contributed by atoms with Crippen LogP contribution in [0.3, 0.4) is 0 Å². The fourth-order valence-corrected chi connectivity index (χ4v) is 1.76. The molecule has 98 valence electrons. The van der Waals surface area contributed by atoms with E-state index in [4.69, 9.17) is 15.6 Å². The van der Waals surface area contributed by atoms with Gasteiger partial charge in [-0.15, -0.1) is 0 Å². The largest absolute Gasteiger partial charge is 0.478 e. The van der Waals surface area contributed by atoms with Crippen LogP contribution < -0.4 is 10.5 Å². The van der Waals surface area contributed by atoms with Gasteiger partial charge in [-0.05, 0) is 36.2 Å². The number of aromatic carboxylic acids is 1. The average molecular weight is 257 g/mol. The van der Waals surface area contributed by atoms with Crippen molar-refractivity contribution in [2.75, 3.05) is 5.73 Å². The van der Waals surface area contributed by atoms with Crippen LogP contribution in [-0.2, 0) is 6.42 Å². The molecule has 0 saturated carbocycles. The molecular formula is C15H15NO3. The summed E-state index contributed by atoms with van der Waals surface area (Å²) < 4.78 is 5.66. The first-order valence-corrected chi connectivity index (χ1v) is 5.99. The Balaban J connectivity index is 2.23. The topological polar surface area (TPSA) is 72.5 Å². The van der Waals surface area contributed by atoms with Crippen molar-refractivity contribution in [3.8, 4) is 11.5 Å². The van der Waals surface area contributed by atoms with E-state index in [1.807, 2.05) is 24.3 Å². The standard InChI is InChI=1S/C15H15NO3/c1-2-10-4-3-5-11(8-10)19-12-6-7-13(15(17)18)14(16)9-12/h3-9H,2,16H2,1H3,(H,17,18). The molecule has 0 fully saturated rings. The number of carbonyl (C=O) groups is 1. The maximum absolute atomic E-state index is 10.9. The Kier molecular flexibility index (Phi) is 3.71. The number of aryl methyl sites for hydroxylation is 1. The number of hydrogen-bond donors (Lipinski definition) is 2. The smallest absolute Gasteiger partial charge is 0.337 e. The lowest BCUT2D eigenvalue weighted by Gasteiger charge is -2.08. The van der Waals surface area contributed by atoms with Gasteiger partial charge < -0.3 is 15.6 Å². The van der Waals surface area contributed by atoms with Crippen LogP contribution in [0.5, 0.6) is 11.5 Å². The Labute approximate surface area is 111 Å². The number of anilines is 1. The maximum atomic E-state index is 10.9. The van der Waals surface area contributed by atoms with Crippen LogP contribution in [0.1, 0.15) is 22.8 Å². The van der Waals surface area contributed by atoms with E-state index in [9.17, 15) is 4.79 Å². The van der Waals surface area contributed by atoms with E-state index in [2.05, 4.69) is 6.92 Å². The number of carboxylic acid groups (broad SMARTS) is 1. The van der Waals surface area contributed by atoms with Crippen molar-refractivity contribution in [2.45, 2.75) is 13.3 Å². The summed E-state index contributed by atoms with van der Waals surface area (Å²) in [6.45, 7) is 2.07. The predicted octanol–water partition coefficient (Wildman–Crippen LogP) is 3.32. The van der Waals surface area contributed by atoms with E-state index in [1.165, 1.54) is 17.7 Å². The molecule has 0 aromatic heterocycles. The minimum absolute atomic E-state index is 0.0784. The highest BCUT2D eigenvalue weighted by molar-refractivity contribution is 5.93. The van der Waals surface area contributed by atoms with E-state index in [0.29, 0.717) is 11.5 Å². The molecule has 3 N–H and O–H groups in total. The third-order valence-corrected chi connectivity index (χ3v) is 2.80. The molecule has 2 aromatic carbocycles. The lowest BCUT2D eigenvalue weighted by atomic mass is 10.1. The van der Waals surface area contributed by atoms with Crippen LogP contribution in [0.2, 0.25) is 0 Å². The van der Waals surface area contributed by atoms with Gasteiger partial charge in [0, 0.05) is 11.8 Å².